The molecule has 0 spiro atoms. The van der Waals surface area contributed by atoms with E-state index in [4.69, 9.17) is 0 Å². The second-order valence-corrected chi connectivity index (χ2v) is 10.8. The number of benzene rings is 2. The lowest BCUT2D eigenvalue weighted by Crippen LogP contribution is -2.50. The number of imide groups is 1. The molecular formula is C23H19Br2N3O5. The van der Waals surface area contributed by atoms with Crippen molar-refractivity contribution in [3.05, 3.63) is 75.8 Å². The summed E-state index contributed by atoms with van der Waals surface area (Å²) in [4.78, 5) is 51.2. The molecule has 33 heavy (non-hydrogen) atoms. The third kappa shape index (κ3) is 3.50. The first kappa shape index (κ1) is 22.2. The highest BCUT2D eigenvalue weighted by Crippen LogP contribution is 2.60. The molecule has 5 rings (SSSR count). The molecule has 1 aliphatic heterocycles. The zero-order valence-corrected chi connectivity index (χ0v) is 20.4. The van der Waals surface area contributed by atoms with Gasteiger partial charge in [0.05, 0.1) is 23.3 Å². The summed E-state index contributed by atoms with van der Waals surface area (Å²) in [5, 5.41) is 13.2. The van der Waals surface area contributed by atoms with Crippen LogP contribution in [0.3, 0.4) is 0 Å². The molecule has 2 aromatic carbocycles. The minimum Gasteiger partial charge on any atom is -0.272 e. The van der Waals surface area contributed by atoms with E-state index in [-0.39, 0.29) is 51.1 Å². The number of amides is 3. The summed E-state index contributed by atoms with van der Waals surface area (Å²) in [5.41, 5.74) is 0.770. The van der Waals surface area contributed by atoms with Gasteiger partial charge in [-0.3, -0.25) is 24.5 Å². The summed E-state index contributed by atoms with van der Waals surface area (Å²) in [7, 11) is 0. The van der Waals surface area contributed by atoms with Crippen molar-refractivity contribution in [2.45, 2.75) is 22.6 Å². The normalized spacial score (nSPS) is 29.9. The summed E-state index contributed by atoms with van der Waals surface area (Å²) in [6.07, 6.45) is 0.793. The molecule has 1 saturated heterocycles. The standard InChI is InChI=1S/C23H19Br2N3O5/c24-19-15-10-16(20(19)25)18-17(15)22(30)27(23(18)31)26(11-12-4-2-1-3-5-12)21(29)13-6-8-14(9-7-13)28(32)33/h1-9,15-20H,10-11H2/t15-,16-,17-,18-,19-,20+/m1/s1. The number of nitro benzene ring substituents is 1. The highest BCUT2D eigenvalue weighted by Gasteiger charge is 2.67. The molecule has 0 unspecified atom stereocenters. The van der Waals surface area contributed by atoms with Crippen molar-refractivity contribution in [1.29, 1.82) is 0 Å². The van der Waals surface area contributed by atoms with Crippen molar-refractivity contribution in [3.63, 3.8) is 0 Å². The SMILES string of the molecule is O=C(c1ccc([N+](=O)[O-])cc1)N(Cc1ccccc1)N1C(=O)[C@@H]2[C@H]3C[C@@H]([C@@H](Br)[C@H]3Br)[C@H]2C1=O. The van der Waals surface area contributed by atoms with Gasteiger partial charge in [-0.05, 0) is 36.0 Å². The molecule has 170 valence electrons. The van der Waals surface area contributed by atoms with Crippen LogP contribution in [0.25, 0.3) is 0 Å². The first-order chi connectivity index (χ1) is 15.8. The van der Waals surface area contributed by atoms with Gasteiger partial charge in [0.25, 0.3) is 23.4 Å². The second-order valence-electron chi connectivity index (χ2n) is 8.64. The van der Waals surface area contributed by atoms with Crippen LogP contribution in [0.15, 0.2) is 54.6 Å². The number of hydrogen-bond donors (Lipinski definition) is 0. The Hall–Kier alpha value is -2.59. The summed E-state index contributed by atoms with van der Waals surface area (Å²) in [6, 6.07) is 14.3. The van der Waals surface area contributed by atoms with Crippen LogP contribution in [0.2, 0.25) is 0 Å². The van der Waals surface area contributed by atoms with Crippen molar-refractivity contribution in [3.8, 4) is 0 Å². The average Bonchev–Trinajstić information content (AvgIpc) is 3.43. The maximum atomic E-state index is 13.5. The summed E-state index contributed by atoms with van der Waals surface area (Å²) in [5.74, 6) is -2.13. The zero-order chi connectivity index (χ0) is 23.4. The van der Waals surface area contributed by atoms with E-state index in [1.165, 1.54) is 29.3 Å². The van der Waals surface area contributed by atoms with Crippen LogP contribution >= 0.6 is 31.9 Å². The smallest absolute Gasteiger partial charge is 0.272 e. The van der Waals surface area contributed by atoms with Gasteiger partial charge in [-0.25, -0.2) is 5.01 Å². The number of alkyl halides is 2. The highest BCUT2D eigenvalue weighted by atomic mass is 79.9. The van der Waals surface area contributed by atoms with Gasteiger partial charge in [0.15, 0.2) is 0 Å². The lowest BCUT2D eigenvalue weighted by Gasteiger charge is -2.31. The fourth-order valence-corrected chi connectivity index (χ4v) is 7.31. The average molecular weight is 577 g/mol. The molecule has 2 bridgehead atoms. The summed E-state index contributed by atoms with van der Waals surface area (Å²) < 4.78 is 0. The first-order valence-corrected chi connectivity index (χ1v) is 12.4. The monoisotopic (exact) mass is 575 g/mol. The number of carbonyl (C=O) groups is 3. The molecule has 2 aliphatic carbocycles. The third-order valence-electron chi connectivity index (χ3n) is 6.94. The van der Waals surface area contributed by atoms with E-state index in [0.717, 1.165) is 17.0 Å². The molecule has 10 heteroatoms. The number of hydrazine groups is 1. The van der Waals surface area contributed by atoms with E-state index in [2.05, 4.69) is 31.9 Å². The van der Waals surface area contributed by atoms with Gasteiger partial charge >= 0.3 is 0 Å². The Morgan fingerprint density at radius 3 is 2.03 bits per heavy atom. The third-order valence-corrected chi connectivity index (χ3v) is 10.1. The van der Waals surface area contributed by atoms with E-state index in [1.54, 1.807) is 0 Å². The predicted molar refractivity (Wildman–Crippen MR) is 125 cm³/mol. The highest BCUT2D eigenvalue weighted by molar-refractivity contribution is 9.12. The van der Waals surface area contributed by atoms with Gasteiger partial charge in [-0.15, -0.1) is 0 Å². The topological polar surface area (TPSA) is 101 Å². The van der Waals surface area contributed by atoms with Gasteiger partial charge in [-0.1, -0.05) is 62.2 Å². The lowest BCUT2D eigenvalue weighted by atomic mass is 9.81. The molecule has 2 aromatic rings. The summed E-state index contributed by atoms with van der Waals surface area (Å²) in [6.45, 7) is 0.0262. The zero-order valence-electron chi connectivity index (χ0n) is 17.2. The Kier molecular flexibility index (Phi) is 5.60. The first-order valence-electron chi connectivity index (χ1n) is 10.6. The fourth-order valence-electron chi connectivity index (χ4n) is 5.44. The minimum atomic E-state index is -0.562. The maximum absolute atomic E-state index is 13.5. The molecule has 2 saturated carbocycles. The van der Waals surface area contributed by atoms with Crippen molar-refractivity contribution < 1.29 is 19.3 Å². The van der Waals surface area contributed by atoms with Crippen LogP contribution in [0.1, 0.15) is 22.3 Å². The molecule has 0 N–H and O–H groups in total. The fraction of sp³-hybridized carbons (Fsp3) is 0.348. The van der Waals surface area contributed by atoms with Gasteiger partial charge in [0.2, 0.25) is 0 Å². The van der Waals surface area contributed by atoms with Crippen LogP contribution in [0, 0.1) is 33.8 Å². The Balaban J connectivity index is 1.51. The number of nitrogens with zero attached hydrogens (tertiary/aromatic N) is 3. The second kappa shape index (κ2) is 8.32. The molecule has 3 aliphatic rings. The minimum absolute atomic E-state index is 0.0262. The van der Waals surface area contributed by atoms with E-state index < -0.39 is 22.7 Å². The van der Waals surface area contributed by atoms with Gasteiger partial charge in [0, 0.05) is 27.4 Å². The Morgan fingerprint density at radius 2 is 1.52 bits per heavy atom. The van der Waals surface area contributed by atoms with Crippen molar-refractivity contribution in [1.82, 2.24) is 10.0 Å². The van der Waals surface area contributed by atoms with Crippen LogP contribution in [-0.2, 0) is 16.1 Å². The predicted octanol–water partition coefficient (Wildman–Crippen LogP) is 3.93. The van der Waals surface area contributed by atoms with Gasteiger partial charge in [-0.2, -0.15) is 5.01 Å². The van der Waals surface area contributed by atoms with Gasteiger partial charge < -0.3 is 0 Å². The molecule has 3 amide bonds. The van der Waals surface area contributed by atoms with E-state index >= 15 is 0 Å². The van der Waals surface area contributed by atoms with Crippen molar-refractivity contribution in [2.75, 3.05) is 0 Å². The largest absolute Gasteiger partial charge is 0.273 e. The lowest BCUT2D eigenvalue weighted by molar-refractivity contribution is -0.384. The van der Waals surface area contributed by atoms with E-state index in [1.807, 2.05) is 30.3 Å². The molecule has 1 heterocycles. The van der Waals surface area contributed by atoms with E-state index in [9.17, 15) is 24.5 Å². The molecular weight excluding hydrogens is 558 g/mol. The number of halogens is 2. The number of non-ortho nitro benzene ring substituents is 1. The van der Waals surface area contributed by atoms with Crippen LogP contribution in [0.4, 0.5) is 5.69 Å². The Labute approximate surface area is 206 Å². The molecule has 0 radical (unpaired) electrons. The molecule has 8 nitrogen and oxygen atoms in total. The molecule has 3 fully saturated rings. The quantitative estimate of drug-likeness (QED) is 0.232. The van der Waals surface area contributed by atoms with Crippen molar-refractivity contribution in [2.24, 2.45) is 23.7 Å². The maximum Gasteiger partial charge on any atom is 0.273 e. The van der Waals surface area contributed by atoms with Crippen molar-refractivity contribution >= 4 is 55.3 Å². The molecule has 0 aromatic heterocycles. The number of nitro groups is 1. The molecule has 6 atom stereocenters. The van der Waals surface area contributed by atoms with Gasteiger partial charge in [0.1, 0.15) is 0 Å². The van der Waals surface area contributed by atoms with Crippen LogP contribution < -0.4 is 0 Å². The van der Waals surface area contributed by atoms with Crippen LogP contribution in [-0.4, -0.2) is 42.3 Å². The summed E-state index contributed by atoms with van der Waals surface area (Å²) >= 11 is 7.35. The number of fused-ring (bicyclic) bond motifs is 5. The number of carbonyl (C=O) groups excluding carboxylic acids is 3. The Morgan fingerprint density at radius 1 is 0.970 bits per heavy atom. The number of rotatable bonds is 5. The van der Waals surface area contributed by atoms with E-state index in [0.29, 0.717) is 0 Å². The van der Waals surface area contributed by atoms with Crippen LogP contribution in [0.5, 0.6) is 0 Å². The number of hydrogen-bond acceptors (Lipinski definition) is 5. The Bertz CT molecular complexity index is 1110.